The summed E-state index contributed by atoms with van der Waals surface area (Å²) in [5.41, 5.74) is 1.05. The van der Waals surface area contributed by atoms with Crippen LogP contribution < -0.4 is 15.4 Å². The first kappa shape index (κ1) is 20.1. The summed E-state index contributed by atoms with van der Waals surface area (Å²) in [6.45, 7) is 1.47. The van der Waals surface area contributed by atoms with E-state index in [9.17, 15) is 4.79 Å². The third kappa shape index (κ3) is 7.55. The Balaban J connectivity index is 2.26. The Labute approximate surface area is 148 Å². The van der Waals surface area contributed by atoms with Gasteiger partial charge in [-0.2, -0.15) is 0 Å². The van der Waals surface area contributed by atoms with Crippen LogP contribution in [0.2, 0.25) is 5.02 Å². The number of carbonyl (C=O) groups is 1. The summed E-state index contributed by atoms with van der Waals surface area (Å²) in [6, 6.07) is 5.67. The Morgan fingerprint density at radius 3 is 2.58 bits per heavy atom. The number of carbonyl (C=O) groups excluding carboxylic acids is 1. The summed E-state index contributed by atoms with van der Waals surface area (Å²) in [5.74, 6) is 1.31. The zero-order valence-corrected chi connectivity index (χ0v) is 15.3. The van der Waals surface area contributed by atoms with Crippen molar-refractivity contribution in [3.63, 3.8) is 0 Å². The lowest BCUT2D eigenvalue weighted by Gasteiger charge is -2.12. The fourth-order valence-electron chi connectivity index (χ4n) is 2.10. The third-order valence-corrected chi connectivity index (χ3v) is 3.85. The second-order valence-corrected chi connectivity index (χ2v) is 5.57. The number of aliphatic imine (C=N–C) groups is 1. The summed E-state index contributed by atoms with van der Waals surface area (Å²) >= 11 is 6.22. The Kier molecular flexibility index (Phi) is 9.68. The summed E-state index contributed by atoms with van der Waals surface area (Å²) in [4.78, 5) is 15.2. The van der Waals surface area contributed by atoms with Crippen molar-refractivity contribution in [2.45, 2.75) is 25.7 Å². The van der Waals surface area contributed by atoms with Crippen LogP contribution in [0.3, 0.4) is 0 Å². The normalized spacial score (nSPS) is 11.1. The lowest BCUT2D eigenvalue weighted by Crippen LogP contribution is -2.38. The molecule has 7 heteroatoms. The molecule has 2 N–H and O–H groups in total. The van der Waals surface area contributed by atoms with Gasteiger partial charge in [0, 0.05) is 31.6 Å². The number of rotatable bonds is 9. The molecule has 1 rings (SSSR count). The van der Waals surface area contributed by atoms with Crippen molar-refractivity contribution in [2.75, 3.05) is 34.4 Å². The molecule has 0 atom stereocenters. The first-order valence-electron chi connectivity index (χ1n) is 7.94. The van der Waals surface area contributed by atoms with E-state index in [1.807, 2.05) is 18.2 Å². The molecule has 0 unspecified atom stereocenters. The molecule has 0 saturated heterocycles. The predicted octanol–water partition coefficient (Wildman–Crippen LogP) is 2.40. The number of methoxy groups -OCH3 is 2. The molecule has 0 radical (unpaired) electrons. The van der Waals surface area contributed by atoms with Gasteiger partial charge in [0.1, 0.15) is 5.75 Å². The van der Waals surface area contributed by atoms with E-state index in [2.05, 4.69) is 20.4 Å². The standard InChI is InChI=1S/C17H26ClN3O3/c1-19-17(20-10-5-4-6-16(22)24-3)21-11-9-13-7-8-14(23-2)12-15(13)18/h7-8,12H,4-6,9-11H2,1-3H3,(H2,19,20,21). The van der Waals surface area contributed by atoms with Crippen molar-refractivity contribution >= 4 is 23.5 Å². The molecule has 0 spiro atoms. The van der Waals surface area contributed by atoms with Crippen LogP contribution in [0.25, 0.3) is 0 Å². The zero-order valence-electron chi connectivity index (χ0n) is 14.5. The number of esters is 1. The lowest BCUT2D eigenvalue weighted by molar-refractivity contribution is -0.140. The van der Waals surface area contributed by atoms with E-state index >= 15 is 0 Å². The maximum absolute atomic E-state index is 11.0. The number of ether oxygens (including phenoxy) is 2. The molecule has 1 aromatic rings. The average Bonchev–Trinajstić information content (AvgIpc) is 2.60. The average molecular weight is 356 g/mol. The number of nitrogens with zero attached hydrogens (tertiary/aromatic N) is 1. The molecule has 0 heterocycles. The number of unbranched alkanes of at least 4 members (excludes halogenated alkanes) is 1. The molecule has 24 heavy (non-hydrogen) atoms. The molecule has 0 amide bonds. The van der Waals surface area contributed by atoms with Crippen molar-refractivity contribution in [1.82, 2.24) is 10.6 Å². The number of hydrogen-bond acceptors (Lipinski definition) is 4. The largest absolute Gasteiger partial charge is 0.497 e. The van der Waals surface area contributed by atoms with Gasteiger partial charge in [0.05, 0.1) is 14.2 Å². The Hall–Kier alpha value is -1.95. The SMILES string of the molecule is CN=C(NCCCCC(=O)OC)NCCc1ccc(OC)cc1Cl. The minimum absolute atomic E-state index is 0.172. The van der Waals surface area contributed by atoms with Crippen LogP contribution in [0.4, 0.5) is 0 Å². The highest BCUT2D eigenvalue weighted by Gasteiger charge is 2.04. The fourth-order valence-corrected chi connectivity index (χ4v) is 2.36. The van der Waals surface area contributed by atoms with Crippen LogP contribution in [-0.4, -0.2) is 46.3 Å². The Morgan fingerprint density at radius 1 is 1.21 bits per heavy atom. The quantitative estimate of drug-likeness (QED) is 0.308. The molecule has 0 fully saturated rings. The summed E-state index contributed by atoms with van der Waals surface area (Å²) < 4.78 is 9.74. The monoisotopic (exact) mass is 355 g/mol. The molecule has 0 bridgehead atoms. The van der Waals surface area contributed by atoms with Crippen molar-refractivity contribution in [2.24, 2.45) is 4.99 Å². The van der Waals surface area contributed by atoms with E-state index in [-0.39, 0.29) is 5.97 Å². The Bertz CT molecular complexity index is 550. The van der Waals surface area contributed by atoms with Crippen molar-refractivity contribution in [3.8, 4) is 5.75 Å². The Morgan fingerprint density at radius 2 is 1.96 bits per heavy atom. The van der Waals surface area contributed by atoms with Crippen LogP contribution in [-0.2, 0) is 16.0 Å². The number of nitrogens with one attached hydrogen (secondary N) is 2. The molecular formula is C17H26ClN3O3. The molecule has 0 aromatic heterocycles. The molecule has 0 aliphatic carbocycles. The number of benzene rings is 1. The second-order valence-electron chi connectivity index (χ2n) is 5.17. The van der Waals surface area contributed by atoms with Crippen LogP contribution in [0.15, 0.2) is 23.2 Å². The van der Waals surface area contributed by atoms with E-state index in [4.69, 9.17) is 16.3 Å². The highest BCUT2D eigenvalue weighted by Crippen LogP contribution is 2.22. The van der Waals surface area contributed by atoms with Crippen LogP contribution in [0, 0.1) is 0 Å². The van der Waals surface area contributed by atoms with Gasteiger partial charge in [-0.25, -0.2) is 0 Å². The second kappa shape index (κ2) is 11.6. The predicted molar refractivity (Wildman–Crippen MR) is 96.9 cm³/mol. The van der Waals surface area contributed by atoms with Gasteiger partial charge in [0.25, 0.3) is 0 Å². The lowest BCUT2D eigenvalue weighted by atomic mass is 10.1. The first-order chi connectivity index (χ1) is 11.6. The van der Waals surface area contributed by atoms with Gasteiger partial charge in [-0.05, 0) is 37.0 Å². The van der Waals surface area contributed by atoms with Crippen molar-refractivity contribution in [3.05, 3.63) is 28.8 Å². The van der Waals surface area contributed by atoms with Gasteiger partial charge in [-0.1, -0.05) is 17.7 Å². The highest BCUT2D eigenvalue weighted by molar-refractivity contribution is 6.31. The number of hydrogen-bond donors (Lipinski definition) is 2. The van der Waals surface area contributed by atoms with Crippen LogP contribution >= 0.6 is 11.6 Å². The van der Waals surface area contributed by atoms with Gasteiger partial charge in [0.15, 0.2) is 5.96 Å². The smallest absolute Gasteiger partial charge is 0.305 e. The summed E-state index contributed by atoms with van der Waals surface area (Å²) in [7, 11) is 4.75. The summed E-state index contributed by atoms with van der Waals surface area (Å²) in [5, 5.41) is 7.15. The zero-order chi connectivity index (χ0) is 17.8. The van der Waals surface area contributed by atoms with Gasteiger partial charge >= 0.3 is 5.97 Å². The van der Waals surface area contributed by atoms with Gasteiger partial charge < -0.3 is 20.1 Å². The first-order valence-corrected chi connectivity index (χ1v) is 8.32. The maximum atomic E-state index is 11.0. The molecule has 6 nitrogen and oxygen atoms in total. The molecule has 0 aliphatic rings. The van der Waals surface area contributed by atoms with E-state index in [1.165, 1.54) is 7.11 Å². The molecule has 0 saturated carbocycles. The fraction of sp³-hybridized carbons (Fsp3) is 0.529. The summed E-state index contributed by atoms with van der Waals surface area (Å²) in [6.07, 6.45) is 2.89. The molecule has 0 aliphatic heterocycles. The maximum Gasteiger partial charge on any atom is 0.305 e. The third-order valence-electron chi connectivity index (χ3n) is 3.50. The minimum atomic E-state index is -0.172. The van der Waals surface area contributed by atoms with Crippen molar-refractivity contribution in [1.29, 1.82) is 0 Å². The minimum Gasteiger partial charge on any atom is -0.497 e. The molecule has 134 valence electrons. The van der Waals surface area contributed by atoms with Crippen molar-refractivity contribution < 1.29 is 14.3 Å². The van der Waals surface area contributed by atoms with Crippen LogP contribution in [0.1, 0.15) is 24.8 Å². The van der Waals surface area contributed by atoms with Crippen LogP contribution in [0.5, 0.6) is 5.75 Å². The van der Waals surface area contributed by atoms with E-state index < -0.39 is 0 Å². The van der Waals surface area contributed by atoms with E-state index in [0.717, 1.165) is 43.1 Å². The number of guanidine groups is 1. The topological polar surface area (TPSA) is 72.0 Å². The highest BCUT2D eigenvalue weighted by atomic mass is 35.5. The van der Waals surface area contributed by atoms with Gasteiger partial charge in [-0.15, -0.1) is 0 Å². The number of halogens is 1. The van der Waals surface area contributed by atoms with E-state index in [0.29, 0.717) is 18.0 Å². The molecule has 1 aromatic carbocycles. The van der Waals surface area contributed by atoms with E-state index in [1.54, 1.807) is 14.2 Å². The molecular weight excluding hydrogens is 330 g/mol. The van der Waals surface area contributed by atoms with Gasteiger partial charge in [0.2, 0.25) is 0 Å². The van der Waals surface area contributed by atoms with Gasteiger partial charge in [-0.3, -0.25) is 9.79 Å².